The number of amides is 1. The van der Waals surface area contributed by atoms with Crippen LogP contribution in [0, 0.1) is 0 Å². The van der Waals surface area contributed by atoms with Gasteiger partial charge < -0.3 is 15.4 Å². The molecule has 1 amide bonds. The molecule has 2 aromatic carbocycles. The molecule has 1 fully saturated rings. The summed E-state index contributed by atoms with van der Waals surface area (Å²) in [4.78, 5) is 16.4. The normalized spacial score (nSPS) is 16.0. The molecule has 1 aliphatic rings. The molecule has 1 heterocycles. The van der Waals surface area contributed by atoms with Gasteiger partial charge in [-0.05, 0) is 24.2 Å². The molecule has 2 aromatic rings. The summed E-state index contributed by atoms with van der Waals surface area (Å²) in [6.45, 7) is 3.92. The van der Waals surface area contributed by atoms with E-state index in [-0.39, 0.29) is 5.91 Å². The van der Waals surface area contributed by atoms with Crippen LogP contribution in [0.3, 0.4) is 0 Å². The Morgan fingerprint density at radius 1 is 1.12 bits per heavy atom. The summed E-state index contributed by atoms with van der Waals surface area (Å²) >= 11 is 0. The largest absolute Gasteiger partial charge is 0.378 e. The predicted molar refractivity (Wildman–Crippen MR) is 99.3 cm³/mol. The number of nitrogens with zero attached hydrogens (tertiary/aromatic N) is 2. The van der Waals surface area contributed by atoms with Crippen LogP contribution < -0.4 is 10.6 Å². The fourth-order valence-corrected chi connectivity index (χ4v) is 3.39. The van der Waals surface area contributed by atoms with Crippen LogP contribution in [-0.2, 0) is 16.1 Å². The molecule has 2 N–H and O–H groups in total. The van der Waals surface area contributed by atoms with Gasteiger partial charge in [-0.1, -0.05) is 48.5 Å². The van der Waals surface area contributed by atoms with E-state index >= 15 is 0 Å². The first-order valence-corrected chi connectivity index (χ1v) is 8.62. The van der Waals surface area contributed by atoms with Crippen LogP contribution in [0.5, 0.6) is 0 Å². The standard InChI is InChI=1S/C20H25N3O2/c1-22(19(20(21)24)16-7-3-2-4-8-16)15-17-9-5-6-10-18(17)23-11-13-25-14-12-23/h2-10,19H,11-15H2,1H3,(H2,21,24)/t19-/m1/s1. The third-order valence-corrected chi connectivity index (χ3v) is 4.59. The Morgan fingerprint density at radius 2 is 1.76 bits per heavy atom. The van der Waals surface area contributed by atoms with Gasteiger partial charge >= 0.3 is 0 Å². The lowest BCUT2D eigenvalue weighted by molar-refractivity contribution is -0.123. The number of nitrogens with two attached hydrogens (primary N) is 1. The van der Waals surface area contributed by atoms with Crippen molar-refractivity contribution >= 4 is 11.6 Å². The van der Waals surface area contributed by atoms with E-state index in [1.807, 2.05) is 48.3 Å². The van der Waals surface area contributed by atoms with Crippen LogP contribution in [0.2, 0.25) is 0 Å². The molecule has 1 aliphatic heterocycles. The number of benzene rings is 2. The maximum absolute atomic E-state index is 12.1. The number of hydrogen-bond acceptors (Lipinski definition) is 4. The van der Waals surface area contributed by atoms with Crippen LogP contribution >= 0.6 is 0 Å². The molecule has 5 heteroatoms. The number of rotatable bonds is 6. The van der Waals surface area contributed by atoms with Gasteiger partial charge in [0.15, 0.2) is 0 Å². The van der Waals surface area contributed by atoms with Crippen LogP contribution in [0.1, 0.15) is 17.2 Å². The molecule has 1 atom stereocenters. The zero-order chi connectivity index (χ0) is 17.6. The SMILES string of the molecule is CN(Cc1ccccc1N1CCOCC1)[C@@H](C(N)=O)c1ccccc1. The number of carbonyl (C=O) groups is 1. The highest BCUT2D eigenvalue weighted by molar-refractivity contribution is 5.81. The molecular weight excluding hydrogens is 314 g/mol. The highest BCUT2D eigenvalue weighted by Crippen LogP contribution is 2.26. The van der Waals surface area contributed by atoms with Crippen LogP contribution in [0.25, 0.3) is 0 Å². The lowest BCUT2D eigenvalue weighted by atomic mass is 10.0. The molecule has 3 rings (SSSR count). The smallest absolute Gasteiger partial charge is 0.239 e. The molecule has 0 bridgehead atoms. The topological polar surface area (TPSA) is 58.8 Å². The molecule has 0 unspecified atom stereocenters. The van der Waals surface area contributed by atoms with E-state index in [1.54, 1.807) is 0 Å². The number of para-hydroxylation sites is 1. The summed E-state index contributed by atoms with van der Waals surface area (Å²) in [5.41, 5.74) is 9.01. The lowest BCUT2D eigenvalue weighted by Gasteiger charge is -2.32. The van der Waals surface area contributed by atoms with Crippen molar-refractivity contribution in [2.45, 2.75) is 12.6 Å². The molecule has 0 aromatic heterocycles. The van der Waals surface area contributed by atoms with Crippen molar-refractivity contribution in [1.82, 2.24) is 4.90 Å². The highest BCUT2D eigenvalue weighted by atomic mass is 16.5. The molecule has 0 radical (unpaired) electrons. The second-order valence-electron chi connectivity index (χ2n) is 6.36. The maximum Gasteiger partial charge on any atom is 0.239 e. The van der Waals surface area contributed by atoms with Gasteiger partial charge in [-0.25, -0.2) is 0 Å². The molecule has 5 nitrogen and oxygen atoms in total. The zero-order valence-electron chi connectivity index (χ0n) is 14.6. The number of hydrogen-bond donors (Lipinski definition) is 1. The summed E-state index contributed by atoms with van der Waals surface area (Å²) in [6.07, 6.45) is 0. The summed E-state index contributed by atoms with van der Waals surface area (Å²) in [6, 6.07) is 17.6. The molecule has 1 saturated heterocycles. The van der Waals surface area contributed by atoms with Crippen LogP contribution in [0.4, 0.5) is 5.69 Å². The van der Waals surface area contributed by atoms with Gasteiger partial charge in [-0.15, -0.1) is 0 Å². The first-order chi connectivity index (χ1) is 12.2. The second-order valence-corrected chi connectivity index (χ2v) is 6.36. The van der Waals surface area contributed by atoms with E-state index in [2.05, 4.69) is 23.1 Å². The highest BCUT2D eigenvalue weighted by Gasteiger charge is 2.24. The molecule has 25 heavy (non-hydrogen) atoms. The van der Waals surface area contributed by atoms with Crippen molar-refractivity contribution in [3.8, 4) is 0 Å². The van der Waals surface area contributed by atoms with Crippen molar-refractivity contribution < 1.29 is 9.53 Å². The first kappa shape index (κ1) is 17.5. The third kappa shape index (κ3) is 4.18. The quantitative estimate of drug-likeness (QED) is 0.876. The van der Waals surface area contributed by atoms with Crippen molar-refractivity contribution in [3.63, 3.8) is 0 Å². The molecular formula is C20H25N3O2. The minimum atomic E-state index is -0.445. The number of primary amides is 1. The number of carbonyl (C=O) groups excluding carboxylic acids is 1. The van der Waals surface area contributed by atoms with E-state index in [9.17, 15) is 4.79 Å². The molecule has 0 aliphatic carbocycles. The average molecular weight is 339 g/mol. The van der Waals surface area contributed by atoms with Crippen molar-refractivity contribution in [2.75, 3.05) is 38.3 Å². The Morgan fingerprint density at radius 3 is 2.44 bits per heavy atom. The average Bonchev–Trinajstić information content (AvgIpc) is 2.63. The van der Waals surface area contributed by atoms with E-state index in [1.165, 1.54) is 11.3 Å². The van der Waals surface area contributed by atoms with Gasteiger partial charge in [-0.2, -0.15) is 0 Å². The van der Waals surface area contributed by atoms with Crippen LogP contribution in [-0.4, -0.2) is 44.2 Å². The minimum Gasteiger partial charge on any atom is -0.378 e. The van der Waals surface area contributed by atoms with Crippen molar-refractivity contribution in [2.24, 2.45) is 5.73 Å². The van der Waals surface area contributed by atoms with Crippen LogP contribution in [0.15, 0.2) is 54.6 Å². The van der Waals surface area contributed by atoms with E-state index in [4.69, 9.17) is 10.5 Å². The van der Waals surface area contributed by atoms with E-state index < -0.39 is 6.04 Å². The summed E-state index contributed by atoms with van der Waals surface area (Å²) < 4.78 is 5.46. The van der Waals surface area contributed by atoms with E-state index in [0.717, 1.165) is 31.9 Å². The molecule has 0 spiro atoms. The molecule has 132 valence electrons. The maximum atomic E-state index is 12.1. The first-order valence-electron chi connectivity index (χ1n) is 8.62. The van der Waals surface area contributed by atoms with Gasteiger partial charge in [0.05, 0.1) is 13.2 Å². The number of ether oxygens (including phenoxy) is 1. The zero-order valence-corrected chi connectivity index (χ0v) is 14.6. The van der Waals surface area contributed by atoms with Gasteiger partial charge in [0.1, 0.15) is 6.04 Å². The van der Waals surface area contributed by atoms with Gasteiger partial charge in [0, 0.05) is 25.3 Å². The Hall–Kier alpha value is -2.37. The minimum absolute atomic E-state index is 0.336. The predicted octanol–water partition coefficient (Wildman–Crippen LogP) is 2.18. The second kappa shape index (κ2) is 8.14. The Balaban J connectivity index is 1.82. The number of likely N-dealkylation sites (N-methyl/N-ethyl adjacent to an activating group) is 1. The van der Waals surface area contributed by atoms with Crippen molar-refractivity contribution in [3.05, 3.63) is 65.7 Å². The van der Waals surface area contributed by atoms with Gasteiger partial charge in [-0.3, -0.25) is 9.69 Å². The van der Waals surface area contributed by atoms with Crippen molar-refractivity contribution in [1.29, 1.82) is 0 Å². The van der Waals surface area contributed by atoms with Gasteiger partial charge in [0.2, 0.25) is 5.91 Å². The fourth-order valence-electron chi connectivity index (χ4n) is 3.39. The summed E-state index contributed by atoms with van der Waals surface area (Å²) in [5, 5.41) is 0. The Bertz CT molecular complexity index is 699. The fraction of sp³-hybridized carbons (Fsp3) is 0.350. The number of morpholine rings is 1. The number of anilines is 1. The lowest BCUT2D eigenvalue weighted by Crippen LogP contribution is -2.38. The summed E-state index contributed by atoms with van der Waals surface area (Å²) in [7, 11) is 1.94. The Labute approximate surface area is 149 Å². The van der Waals surface area contributed by atoms with Gasteiger partial charge in [0.25, 0.3) is 0 Å². The molecule has 0 saturated carbocycles. The van der Waals surface area contributed by atoms with E-state index in [0.29, 0.717) is 6.54 Å². The monoisotopic (exact) mass is 339 g/mol. The third-order valence-electron chi connectivity index (χ3n) is 4.59. The Kier molecular flexibility index (Phi) is 5.68. The summed E-state index contributed by atoms with van der Waals surface area (Å²) in [5.74, 6) is -0.336.